The minimum absolute atomic E-state index is 0.421. The van der Waals surface area contributed by atoms with E-state index in [1.165, 1.54) is 24.8 Å². The highest BCUT2D eigenvalue weighted by atomic mass is 16.5. The topological polar surface area (TPSA) is 21.3 Å². The van der Waals surface area contributed by atoms with Gasteiger partial charge in [-0.05, 0) is 56.2 Å². The molecule has 2 rings (SSSR count). The SMILES string of the molecule is CCOc1ccc(C(C)NCC2(CC)CC2)cc1. The van der Waals surface area contributed by atoms with Gasteiger partial charge in [-0.15, -0.1) is 0 Å². The van der Waals surface area contributed by atoms with Crippen LogP contribution >= 0.6 is 0 Å². The molecule has 0 heterocycles. The van der Waals surface area contributed by atoms with Crippen LogP contribution in [0.4, 0.5) is 0 Å². The normalized spacial score (nSPS) is 18.4. The van der Waals surface area contributed by atoms with Crippen LogP contribution in [0.15, 0.2) is 24.3 Å². The van der Waals surface area contributed by atoms with Gasteiger partial charge in [0.25, 0.3) is 0 Å². The van der Waals surface area contributed by atoms with Crippen molar-refractivity contribution in [1.29, 1.82) is 0 Å². The maximum absolute atomic E-state index is 5.46. The van der Waals surface area contributed by atoms with E-state index in [1.807, 2.05) is 6.92 Å². The summed E-state index contributed by atoms with van der Waals surface area (Å²) in [5, 5.41) is 3.66. The highest BCUT2D eigenvalue weighted by Crippen LogP contribution is 2.48. The number of nitrogens with one attached hydrogen (secondary N) is 1. The lowest BCUT2D eigenvalue weighted by molar-refractivity contribution is 0.340. The molecule has 0 bridgehead atoms. The molecular weight excluding hydrogens is 222 g/mol. The molecule has 0 saturated heterocycles. The maximum atomic E-state index is 5.46. The molecule has 1 unspecified atom stereocenters. The summed E-state index contributed by atoms with van der Waals surface area (Å²) in [4.78, 5) is 0. The predicted octanol–water partition coefficient (Wildman–Crippen LogP) is 3.93. The molecule has 18 heavy (non-hydrogen) atoms. The van der Waals surface area contributed by atoms with Crippen LogP contribution in [0.5, 0.6) is 5.75 Å². The van der Waals surface area contributed by atoms with Crippen molar-refractivity contribution >= 4 is 0 Å². The van der Waals surface area contributed by atoms with E-state index in [9.17, 15) is 0 Å². The highest BCUT2D eigenvalue weighted by Gasteiger charge is 2.40. The third-order valence-corrected chi connectivity index (χ3v) is 4.18. The second-order valence-corrected chi connectivity index (χ2v) is 5.46. The second kappa shape index (κ2) is 5.75. The predicted molar refractivity (Wildman–Crippen MR) is 76.0 cm³/mol. The fourth-order valence-corrected chi connectivity index (χ4v) is 2.34. The average molecular weight is 247 g/mol. The molecule has 1 aromatic carbocycles. The Bertz CT molecular complexity index is 367. The van der Waals surface area contributed by atoms with E-state index in [0.29, 0.717) is 11.5 Å². The Morgan fingerprint density at radius 1 is 1.22 bits per heavy atom. The Morgan fingerprint density at radius 2 is 1.89 bits per heavy atom. The molecule has 1 fully saturated rings. The molecule has 1 atom stereocenters. The Kier molecular flexibility index (Phi) is 4.28. The summed E-state index contributed by atoms with van der Waals surface area (Å²) in [7, 11) is 0. The zero-order valence-corrected chi connectivity index (χ0v) is 11.8. The van der Waals surface area contributed by atoms with Gasteiger partial charge in [-0.3, -0.25) is 0 Å². The van der Waals surface area contributed by atoms with E-state index < -0.39 is 0 Å². The molecule has 1 aliphatic rings. The van der Waals surface area contributed by atoms with E-state index in [4.69, 9.17) is 4.74 Å². The first kappa shape index (κ1) is 13.4. The van der Waals surface area contributed by atoms with Crippen LogP contribution < -0.4 is 10.1 Å². The summed E-state index contributed by atoms with van der Waals surface area (Å²) in [6, 6.07) is 8.86. The highest BCUT2D eigenvalue weighted by molar-refractivity contribution is 5.29. The van der Waals surface area contributed by atoms with E-state index in [0.717, 1.165) is 18.9 Å². The van der Waals surface area contributed by atoms with Crippen molar-refractivity contribution < 1.29 is 4.74 Å². The molecule has 2 heteroatoms. The molecule has 1 saturated carbocycles. The molecule has 1 aliphatic carbocycles. The monoisotopic (exact) mass is 247 g/mol. The fourth-order valence-electron chi connectivity index (χ4n) is 2.34. The van der Waals surface area contributed by atoms with Gasteiger partial charge in [0.05, 0.1) is 6.61 Å². The number of hydrogen-bond donors (Lipinski definition) is 1. The van der Waals surface area contributed by atoms with Gasteiger partial charge < -0.3 is 10.1 Å². The zero-order valence-electron chi connectivity index (χ0n) is 11.8. The number of rotatable bonds is 7. The molecule has 1 N–H and O–H groups in total. The Labute approximate surface area is 111 Å². The Balaban J connectivity index is 1.86. The van der Waals surface area contributed by atoms with E-state index in [2.05, 4.69) is 43.4 Å². The van der Waals surface area contributed by atoms with Crippen LogP contribution in [0.25, 0.3) is 0 Å². The fraction of sp³-hybridized carbons (Fsp3) is 0.625. The van der Waals surface area contributed by atoms with Gasteiger partial charge in [0, 0.05) is 12.6 Å². The van der Waals surface area contributed by atoms with Gasteiger partial charge >= 0.3 is 0 Å². The largest absolute Gasteiger partial charge is 0.494 e. The van der Waals surface area contributed by atoms with Gasteiger partial charge in [-0.2, -0.15) is 0 Å². The van der Waals surface area contributed by atoms with Crippen LogP contribution in [0.1, 0.15) is 51.6 Å². The molecule has 0 amide bonds. The lowest BCUT2D eigenvalue weighted by Gasteiger charge is -2.19. The summed E-state index contributed by atoms with van der Waals surface area (Å²) in [5.74, 6) is 0.959. The molecule has 0 radical (unpaired) electrons. The van der Waals surface area contributed by atoms with Crippen molar-refractivity contribution in [3.8, 4) is 5.75 Å². The van der Waals surface area contributed by atoms with E-state index in [1.54, 1.807) is 0 Å². The zero-order chi connectivity index (χ0) is 13.0. The van der Waals surface area contributed by atoms with Crippen LogP contribution in [-0.4, -0.2) is 13.2 Å². The van der Waals surface area contributed by atoms with Gasteiger partial charge in [0.2, 0.25) is 0 Å². The Hall–Kier alpha value is -1.02. The molecule has 1 aromatic rings. The molecule has 2 nitrogen and oxygen atoms in total. The van der Waals surface area contributed by atoms with Crippen molar-refractivity contribution in [3.63, 3.8) is 0 Å². The van der Waals surface area contributed by atoms with Gasteiger partial charge in [0.1, 0.15) is 5.75 Å². The smallest absolute Gasteiger partial charge is 0.119 e. The van der Waals surface area contributed by atoms with Crippen molar-refractivity contribution in [3.05, 3.63) is 29.8 Å². The minimum Gasteiger partial charge on any atom is -0.494 e. The average Bonchev–Trinajstić information content (AvgIpc) is 3.18. The van der Waals surface area contributed by atoms with E-state index in [-0.39, 0.29) is 0 Å². The third kappa shape index (κ3) is 3.26. The van der Waals surface area contributed by atoms with Crippen LogP contribution in [-0.2, 0) is 0 Å². The minimum atomic E-state index is 0.421. The first-order valence-electron chi connectivity index (χ1n) is 7.15. The van der Waals surface area contributed by atoms with Crippen molar-refractivity contribution in [2.24, 2.45) is 5.41 Å². The first-order chi connectivity index (χ1) is 8.69. The van der Waals surface area contributed by atoms with Crippen molar-refractivity contribution in [1.82, 2.24) is 5.32 Å². The molecule has 0 aromatic heterocycles. The van der Waals surface area contributed by atoms with Crippen molar-refractivity contribution in [2.45, 2.75) is 46.1 Å². The van der Waals surface area contributed by atoms with Crippen LogP contribution in [0.2, 0.25) is 0 Å². The summed E-state index contributed by atoms with van der Waals surface area (Å²) in [6.45, 7) is 8.43. The summed E-state index contributed by atoms with van der Waals surface area (Å²) in [6.07, 6.45) is 4.09. The standard InChI is InChI=1S/C16H25NO/c1-4-16(10-11-16)12-17-13(3)14-6-8-15(9-7-14)18-5-2/h6-9,13,17H,4-5,10-12H2,1-3H3. The maximum Gasteiger partial charge on any atom is 0.119 e. The molecular formula is C16H25NO. The number of benzene rings is 1. The lowest BCUT2D eigenvalue weighted by Crippen LogP contribution is -2.26. The number of ether oxygens (including phenoxy) is 1. The Morgan fingerprint density at radius 3 is 2.39 bits per heavy atom. The third-order valence-electron chi connectivity index (χ3n) is 4.18. The summed E-state index contributed by atoms with van der Waals surface area (Å²) >= 11 is 0. The van der Waals surface area contributed by atoms with Crippen LogP contribution in [0.3, 0.4) is 0 Å². The van der Waals surface area contributed by atoms with Gasteiger partial charge in [-0.25, -0.2) is 0 Å². The van der Waals surface area contributed by atoms with Crippen LogP contribution in [0, 0.1) is 5.41 Å². The second-order valence-electron chi connectivity index (χ2n) is 5.46. The molecule has 0 spiro atoms. The van der Waals surface area contributed by atoms with Crippen molar-refractivity contribution in [2.75, 3.05) is 13.2 Å². The first-order valence-corrected chi connectivity index (χ1v) is 7.15. The number of hydrogen-bond acceptors (Lipinski definition) is 2. The van der Waals surface area contributed by atoms with Gasteiger partial charge in [-0.1, -0.05) is 19.1 Å². The molecule has 100 valence electrons. The quantitative estimate of drug-likeness (QED) is 0.788. The summed E-state index contributed by atoms with van der Waals surface area (Å²) in [5.41, 5.74) is 1.95. The lowest BCUT2D eigenvalue weighted by atomic mass is 10.0. The molecule has 0 aliphatic heterocycles. The van der Waals surface area contributed by atoms with Gasteiger partial charge in [0.15, 0.2) is 0 Å². The van der Waals surface area contributed by atoms with E-state index >= 15 is 0 Å². The summed E-state index contributed by atoms with van der Waals surface area (Å²) < 4.78 is 5.46.